The maximum absolute atomic E-state index is 13.9. The van der Waals surface area contributed by atoms with Crippen molar-refractivity contribution in [1.82, 2.24) is 0 Å². The molecule has 0 saturated carbocycles. The maximum Gasteiger partial charge on any atom is 0.258 e. The highest BCUT2D eigenvalue weighted by molar-refractivity contribution is 7.58. The SMILES string of the molecule is Cc1cccc(C(=O)Nc2cccc3c2N=S=N3)c1F. The molecule has 0 spiro atoms. The van der Waals surface area contributed by atoms with Gasteiger partial charge in [-0.2, -0.15) is 8.73 Å². The molecule has 1 amide bonds. The molecule has 100 valence electrons. The Hall–Kier alpha value is -2.34. The molecule has 1 aliphatic heterocycles. The Morgan fingerprint density at radius 1 is 1.20 bits per heavy atom. The third-order valence-electron chi connectivity index (χ3n) is 2.97. The van der Waals surface area contributed by atoms with Crippen LogP contribution in [0, 0.1) is 12.7 Å². The van der Waals surface area contributed by atoms with E-state index in [0.717, 1.165) is 11.4 Å². The number of carbonyl (C=O) groups is 1. The molecule has 4 nitrogen and oxygen atoms in total. The highest BCUT2D eigenvalue weighted by Crippen LogP contribution is 2.38. The van der Waals surface area contributed by atoms with Gasteiger partial charge in [-0.15, -0.1) is 0 Å². The normalized spacial score (nSPS) is 11.9. The number of nitrogens with one attached hydrogen (secondary N) is 1. The lowest BCUT2D eigenvalue weighted by Gasteiger charge is -2.09. The molecule has 1 N–H and O–H groups in total. The first-order chi connectivity index (χ1) is 9.66. The van der Waals surface area contributed by atoms with Crippen molar-refractivity contribution >= 4 is 34.3 Å². The molecule has 2 aromatic carbocycles. The summed E-state index contributed by atoms with van der Waals surface area (Å²) in [6.45, 7) is 1.62. The minimum atomic E-state index is -0.506. The number of benzene rings is 2. The van der Waals surface area contributed by atoms with E-state index in [-0.39, 0.29) is 5.56 Å². The molecule has 0 saturated heterocycles. The number of aryl methyl sites for hydroxylation is 1. The van der Waals surface area contributed by atoms with Gasteiger partial charge in [0.05, 0.1) is 22.6 Å². The Morgan fingerprint density at radius 2 is 2.00 bits per heavy atom. The van der Waals surface area contributed by atoms with Crippen LogP contribution in [0.15, 0.2) is 45.1 Å². The molecular weight excluding hydrogens is 277 g/mol. The molecule has 0 aromatic heterocycles. The van der Waals surface area contributed by atoms with Gasteiger partial charge in [0.25, 0.3) is 5.91 Å². The largest absolute Gasteiger partial charge is 0.320 e. The predicted molar refractivity (Wildman–Crippen MR) is 77.1 cm³/mol. The number of halogens is 1. The zero-order valence-electron chi connectivity index (χ0n) is 10.6. The number of carbonyl (C=O) groups excluding carboxylic acids is 1. The monoisotopic (exact) mass is 287 g/mol. The third-order valence-corrected chi connectivity index (χ3v) is 3.51. The molecule has 3 rings (SSSR count). The number of fused-ring (bicyclic) bond motifs is 1. The molecule has 1 heterocycles. The van der Waals surface area contributed by atoms with E-state index in [1.54, 1.807) is 31.2 Å². The number of hydrogen-bond acceptors (Lipinski definition) is 3. The van der Waals surface area contributed by atoms with Crippen molar-refractivity contribution in [3.05, 3.63) is 53.3 Å². The van der Waals surface area contributed by atoms with Gasteiger partial charge < -0.3 is 5.32 Å². The van der Waals surface area contributed by atoms with E-state index in [9.17, 15) is 9.18 Å². The molecular formula is C14H10FN3OS. The van der Waals surface area contributed by atoms with E-state index in [4.69, 9.17) is 0 Å². The summed E-state index contributed by atoms with van der Waals surface area (Å²) in [6, 6.07) is 10.0. The lowest BCUT2D eigenvalue weighted by atomic mass is 10.1. The van der Waals surface area contributed by atoms with Crippen molar-refractivity contribution in [3.8, 4) is 0 Å². The molecule has 6 heteroatoms. The second kappa shape index (κ2) is 4.97. The quantitative estimate of drug-likeness (QED) is 0.757. The van der Waals surface area contributed by atoms with Crippen LogP contribution in [0.25, 0.3) is 0 Å². The van der Waals surface area contributed by atoms with Crippen molar-refractivity contribution in [2.75, 3.05) is 5.32 Å². The number of nitrogens with zero attached hydrogens (tertiary/aromatic N) is 2. The topological polar surface area (TPSA) is 53.8 Å². The van der Waals surface area contributed by atoms with Crippen LogP contribution in [0.5, 0.6) is 0 Å². The van der Waals surface area contributed by atoms with Gasteiger partial charge in [-0.3, -0.25) is 4.79 Å². The number of amides is 1. The van der Waals surface area contributed by atoms with Crippen LogP contribution in [0.1, 0.15) is 15.9 Å². The highest BCUT2D eigenvalue weighted by atomic mass is 32.1. The van der Waals surface area contributed by atoms with E-state index in [0.29, 0.717) is 22.6 Å². The second-order valence-electron chi connectivity index (χ2n) is 4.33. The van der Waals surface area contributed by atoms with Gasteiger partial charge in [0.2, 0.25) is 0 Å². The summed E-state index contributed by atoms with van der Waals surface area (Å²) in [4.78, 5) is 12.2. The Morgan fingerprint density at radius 3 is 2.85 bits per heavy atom. The Kier molecular flexibility index (Phi) is 3.15. The second-order valence-corrected chi connectivity index (χ2v) is 4.86. The fourth-order valence-electron chi connectivity index (χ4n) is 1.92. The molecule has 20 heavy (non-hydrogen) atoms. The Labute approximate surface area is 118 Å². The third kappa shape index (κ3) is 2.14. The first kappa shape index (κ1) is 12.7. The van der Waals surface area contributed by atoms with Crippen LogP contribution in [0.4, 0.5) is 21.5 Å². The minimum Gasteiger partial charge on any atom is -0.320 e. The lowest BCUT2D eigenvalue weighted by Crippen LogP contribution is -2.14. The Bertz CT molecular complexity index is 782. The van der Waals surface area contributed by atoms with Crippen LogP contribution >= 0.6 is 0 Å². The van der Waals surface area contributed by atoms with Crippen LogP contribution in [0.3, 0.4) is 0 Å². The van der Waals surface area contributed by atoms with Crippen molar-refractivity contribution < 1.29 is 9.18 Å². The van der Waals surface area contributed by atoms with Crippen LogP contribution in [-0.2, 0) is 11.4 Å². The van der Waals surface area contributed by atoms with Gasteiger partial charge >= 0.3 is 0 Å². The summed E-state index contributed by atoms with van der Waals surface area (Å²) in [5.41, 5.74) is 2.30. The molecule has 0 aliphatic carbocycles. The molecule has 0 bridgehead atoms. The lowest BCUT2D eigenvalue weighted by molar-refractivity contribution is 0.102. The number of rotatable bonds is 2. The first-order valence-electron chi connectivity index (χ1n) is 5.94. The van der Waals surface area contributed by atoms with E-state index in [2.05, 4.69) is 14.0 Å². The number of anilines is 1. The average molecular weight is 287 g/mol. The van der Waals surface area contributed by atoms with Crippen molar-refractivity contribution in [3.63, 3.8) is 0 Å². The van der Waals surface area contributed by atoms with E-state index >= 15 is 0 Å². The summed E-state index contributed by atoms with van der Waals surface area (Å²) in [6.07, 6.45) is 0. The van der Waals surface area contributed by atoms with Crippen LogP contribution in [0.2, 0.25) is 0 Å². The molecule has 2 aromatic rings. The van der Waals surface area contributed by atoms with E-state index in [1.807, 2.05) is 6.07 Å². The summed E-state index contributed by atoms with van der Waals surface area (Å²) in [7, 11) is 0. The van der Waals surface area contributed by atoms with E-state index in [1.165, 1.54) is 6.07 Å². The highest BCUT2D eigenvalue weighted by Gasteiger charge is 2.16. The smallest absolute Gasteiger partial charge is 0.258 e. The number of hydrogen-bond donors (Lipinski definition) is 1. The summed E-state index contributed by atoms with van der Waals surface area (Å²) in [5.74, 6) is -1.000. The zero-order valence-corrected chi connectivity index (χ0v) is 11.4. The van der Waals surface area contributed by atoms with Gasteiger partial charge in [0.1, 0.15) is 17.2 Å². The minimum absolute atomic E-state index is 0.0187. The fourth-order valence-corrected chi connectivity index (χ4v) is 2.47. The summed E-state index contributed by atoms with van der Waals surface area (Å²) >= 11 is 1.07. The fraction of sp³-hybridized carbons (Fsp3) is 0.0714. The molecule has 0 fully saturated rings. The molecule has 0 atom stereocenters. The molecule has 0 radical (unpaired) electrons. The van der Waals surface area contributed by atoms with Crippen molar-refractivity contribution in [2.24, 2.45) is 8.73 Å². The van der Waals surface area contributed by atoms with Gasteiger partial charge in [-0.1, -0.05) is 18.2 Å². The molecule has 1 aliphatic rings. The van der Waals surface area contributed by atoms with Gasteiger partial charge in [0.15, 0.2) is 0 Å². The van der Waals surface area contributed by atoms with Crippen LogP contribution in [-0.4, -0.2) is 5.91 Å². The summed E-state index contributed by atoms with van der Waals surface area (Å²) < 4.78 is 22.1. The maximum atomic E-state index is 13.9. The van der Waals surface area contributed by atoms with Crippen molar-refractivity contribution in [1.29, 1.82) is 0 Å². The average Bonchev–Trinajstić information content (AvgIpc) is 2.91. The standard InChI is InChI=1S/C14H10FN3OS/c1-8-4-2-5-9(12(8)15)14(19)16-10-6-3-7-11-13(10)18-20-17-11/h2-7H,1H3,(H,16,19). The van der Waals surface area contributed by atoms with Gasteiger partial charge in [-0.05, 0) is 30.7 Å². The summed E-state index contributed by atoms with van der Waals surface area (Å²) in [5, 5.41) is 2.68. The zero-order chi connectivity index (χ0) is 14.1. The predicted octanol–water partition coefficient (Wildman–Crippen LogP) is 4.11. The van der Waals surface area contributed by atoms with Gasteiger partial charge in [0, 0.05) is 0 Å². The molecule has 0 unspecified atom stereocenters. The Balaban J connectivity index is 1.93. The van der Waals surface area contributed by atoms with Crippen molar-refractivity contribution in [2.45, 2.75) is 6.92 Å². The first-order valence-corrected chi connectivity index (χ1v) is 6.67. The van der Waals surface area contributed by atoms with E-state index < -0.39 is 11.7 Å². The van der Waals surface area contributed by atoms with Gasteiger partial charge in [-0.25, -0.2) is 4.39 Å². The van der Waals surface area contributed by atoms with Crippen LogP contribution < -0.4 is 5.32 Å².